The maximum absolute atomic E-state index is 17.6. The molecule has 9 aromatic carbocycles. The second-order valence-corrected chi connectivity index (χ2v) is 18.7. The molecule has 4 aromatic heterocycles. The zero-order chi connectivity index (χ0) is 40.9. The summed E-state index contributed by atoms with van der Waals surface area (Å²) in [4.78, 5) is 9.01. The fraction of sp³-hybridized carbons (Fsp3) is 0. The van der Waals surface area contributed by atoms with Crippen molar-refractivity contribution in [3.05, 3.63) is 201 Å². The Bertz CT molecular complexity index is 3770. The van der Waals surface area contributed by atoms with Crippen molar-refractivity contribution in [2.75, 3.05) is 0 Å². The summed E-state index contributed by atoms with van der Waals surface area (Å²) in [5, 5.41) is 14.0. The number of pyridine rings is 2. The third-order valence-corrected chi connectivity index (χ3v) is 15.7. The normalized spacial score (nSPS) is 12.3. The van der Waals surface area contributed by atoms with Gasteiger partial charge in [-0.1, -0.05) is 140 Å². The van der Waals surface area contributed by atoms with Crippen LogP contribution in [0.1, 0.15) is 0 Å². The number of hydrogen-bond acceptors (Lipinski definition) is 5. The van der Waals surface area contributed by atoms with Gasteiger partial charge in [-0.15, -0.1) is 0 Å². The van der Waals surface area contributed by atoms with Crippen molar-refractivity contribution in [2.45, 2.75) is 0 Å². The smallest absolute Gasteiger partial charge is 0.178 e. The van der Waals surface area contributed by atoms with Crippen molar-refractivity contribution in [1.29, 1.82) is 0 Å². The molecule has 0 N–H and O–H groups in total. The summed E-state index contributed by atoms with van der Waals surface area (Å²) in [7, 11) is -3.89. The molecule has 0 aliphatic heterocycles. The molecule has 5 nitrogen and oxygen atoms in total. The Morgan fingerprint density at radius 1 is 0.371 bits per heavy atom. The van der Waals surface area contributed by atoms with Gasteiger partial charge in [0.15, 0.2) is 7.14 Å². The van der Waals surface area contributed by atoms with E-state index >= 15 is 4.57 Å². The van der Waals surface area contributed by atoms with Crippen LogP contribution in [-0.4, -0.2) is 9.97 Å². The van der Waals surface area contributed by atoms with E-state index in [0.29, 0.717) is 27.1 Å². The maximum Gasteiger partial charge on any atom is 0.178 e. The minimum absolute atomic E-state index is 0.589. The first kappa shape index (κ1) is 35.0. The van der Waals surface area contributed by atoms with Crippen molar-refractivity contribution >= 4 is 110 Å². The van der Waals surface area contributed by atoms with Crippen LogP contribution in [0.5, 0.6) is 0 Å². The van der Waals surface area contributed by atoms with Crippen LogP contribution in [0, 0.1) is 0 Å². The summed E-state index contributed by atoms with van der Waals surface area (Å²) in [5.41, 5.74) is 6.36. The van der Waals surface area contributed by atoms with Gasteiger partial charge in [-0.25, -0.2) is 0 Å². The summed E-state index contributed by atoms with van der Waals surface area (Å²) < 4.78 is 32.2. The van der Waals surface area contributed by atoms with E-state index in [1.165, 1.54) is 0 Å². The Kier molecular flexibility index (Phi) is 7.51. The van der Waals surface area contributed by atoms with Gasteiger partial charge < -0.3 is 13.4 Å². The minimum atomic E-state index is -3.89. The first-order chi connectivity index (χ1) is 30.6. The molecular weight excluding hydrogens is 780 g/mol. The topological polar surface area (TPSA) is 69.1 Å². The van der Waals surface area contributed by atoms with E-state index in [0.717, 1.165) is 98.1 Å². The molecule has 0 atom stereocenters. The molecule has 0 spiro atoms. The van der Waals surface area contributed by atoms with Crippen LogP contribution in [0.4, 0.5) is 0 Å². The molecule has 6 heteroatoms. The summed E-state index contributed by atoms with van der Waals surface area (Å²) in [6.07, 6.45) is 7.32. The number of rotatable bonds is 5. The molecule has 0 radical (unpaired) electrons. The van der Waals surface area contributed by atoms with Gasteiger partial charge in [-0.3, -0.25) is 9.97 Å². The van der Waals surface area contributed by atoms with Crippen molar-refractivity contribution in [3.63, 3.8) is 0 Å². The maximum atomic E-state index is 17.6. The van der Waals surface area contributed by atoms with Gasteiger partial charge in [0.2, 0.25) is 0 Å². The van der Waals surface area contributed by atoms with Crippen LogP contribution in [0.2, 0.25) is 0 Å². The molecule has 0 saturated carbocycles. The lowest BCUT2D eigenvalue weighted by Gasteiger charge is -2.22. The molecule has 290 valence electrons. The molecule has 0 aliphatic carbocycles. The highest BCUT2D eigenvalue weighted by Gasteiger charge is 2.38. The Morgan fingerprint density at radius 2 is 0.742 bits per heavy atom. The van der Waals surface area contributed by atoms with E-state index in [2.05, 4.69) is 131 Å². The number of fused-ring (bicyclic) bond motifs is 14. The monoisotopic (exact) mass is 812 g/mol. The number of furan rings is 2. The fourth-order valence-electron chi connectivity index (χ4n) is 9.89. The standard InChI is InChI=1S/C56H33N2O3P/c59-62(40-20-2-1-3-21-40,47-30-36-16-6-10-24-43(36)51-49-41-22-8-4-14-34(41)28-45(53(49)60-55(47)51)38-18-12-26-57-32-38)48-31-37-17-7-11-25-44(37)52-50-42-23-9-5-15-35(42)29-46(54(50)61-56(48)52)39-19-13-27-58-33-39/h1-33H. The number of nitrogens with zero attached hydrogens (tertiary/aromatic N) is 2. The van der Waals surface area contributed by atoms with Crippen LogP contribution in [-0.2, 0) is 4.57 Å². The van der Waals surface area contributed by atoms with Crippen molar-refractivity contribution in [2.24, 2.45) is 0 Å². The molecule has 0 amide bonds. The minimum Gasteiger partial charge on any atom is -0.455 e. The van der Waals surface area contributed by atoms with Crippen LogP contribution in [0.3, 0.4) is 0 Å². The Labute approximate surface area is 354 Å². The van der Waals surface area contributed by atoms with Gasteiger partial charge in [0.05, 0.1) is 10.6 Å². The summed E-state index contributed by atoms with van der Waals surface area (Å²) in [6, 6.07) is 60.1. The molecule has 0 saturated heterocycles. The van der Waals surface area contributed by atoms with Crippen molar-refractivity contribution in [3.8, 4) is 22.3 Å². The summed E-state index contributed by atoms with van der Waals surface area (Å²) >= 11 is 0. The average Bonchev–Trinajstić information content (AvgIpc) is 3.95. The Morgan fingerprint density at radius 3 is 1.15 bits per heavy atom. The quantitative estimate of drug-likeness (QED) is 0.162. The number of hydrogen-bond donors (Lipinski definition) is 0. The Balaban J connectivity index is 1.25. The van der Waals surface area contributed by atoms with Gasteiger partial charge in [0.25, 0.3) is 0 Å². The molecule has 0 unspecified atom stereocenters. The number of benzene rings is 9. The fourth-order valence-corrected chi connectivity index (χ4v) is 12.8. The highest BCUT2D eigenvalue weighted by molar-refractivity contribution is 7.86. The van der Waals surface area contributed by atoms with Gasteiger partial charge in [-0.2, -0.15) is 0 Å². The van der Waals surface area contributed by atoms with Crippen LogP contribution in [0.15, 0.2) is 210 Å². The first-order valence-corrected chi connectivity index (χ1v) is 22.4. The van der Waals surface area contributed by atoms with E-state index in [4.69, 9.17) is 8.83 Å². The van der Waals surface area contributed by atoms with Crippen LogP contribution in [0.25, 0.3) is 109 Å². The van der Waals surface area contributed by atoms with Crippen LogP contribution >= 0.6 is 7.14 Å². The first-order valence-electron chi connectivity index (χ1n) is 20.7. The largest absolute Gasteiger partial charge is 0.455 e. The van der Waals surface area contributed by atoms with Crippen LogP contribution < -0.4 is 15.9 Å². The van der Waals surface area contributed by atoms with Gasteiger partial charge in [0.1, 0.15) is 22.3 Å². The van der Waals surface area contributed by atoms with E-state index < -0.39 is 7.14 Å². The lowest BCUT2D eigenvalue weighted by molar-refractivity contribution is 0.591. The average molecular weight is 813 g/mol. The molecule has 0 bridgehead atoms. The van der Waals surface area contributed by atoms with Gasteiger partial charge in [0, 0.05) is 73.9 Å². The lowest BCUT2D eigenvalue weighted by atomic mass is 9.95. The molecule has 13 rings (SSSR count). The van der Waals surface area contributed by atoms with E-state index in [9.17, 15) is 0 Å². The predicted molar refractivity (Wildman–Crippen MR) is 257 cm³/mol. The predicted octanol–water partition coefficient (Wildman–Crippen LogP) is 13.9. The third-order valence-electron chi connectivity index (χ3n) is 12.6. The van der Waals surface area contributed by atoms with E-state index in [-0.39, 0.29) is 0 Å². The molecule has 0 aliphatic rings. The second-order valence-electron chi connectivity index (χ2n) is 16.0. The van der Waals surface area contributed by atoms with E-state index in [1.54, 1.807) is 12.4 Å². The molecule has 13 aromatic rings. The highest BCUT2D eigenvalue weighted by Crippen LogP contribution is 2.53. The molecule has 4 heterocycles. The summed E-state index contributed by atoms with van der Waals surface area (Å²) in [6.45, 7) is 0. The third kappa shape index (κ3) is 4.94. The molecule has 0 fully saturated rings. The lowest BCUT2D eigenvalue weighted by Crippen LogP contribution is -2.26. The molecular formula is C56H33N2O3P. The second kappa shape index (κ2) is 13.3. The SMILES string of the molecule is O=P(c1ccccc1)(c1cc2ccccc2c2c1oc1c(-c3cccnc3)cc3ccccc3c12)c1cc2ccccc2c2c1oc1c(-c3cccnc3)cc3ccccc3c12. The zero-order valence-corrected chi connectivity index (χ0v) is 34.0. The van der Waals surface area contributed by atoms with Crippen molar-refractivity contribution in [1.82, 2.24) is 9.97 Å². The highest BCUT2D eigenvalue weighted by atomic mass is 31.2. The van der Waals surface area contributed by atoms with Crippen molar-refractivity contribution < 1.29 is 13.4 Å². The summed E-state index contributed by atoms with van der Waals surface area (Å²) in [5.74, 6) is 0. The molecule has 62 heavy (non-hydrogen) atoms. The zero-order valence-electron chi connectivity index (χ0n) is 33.1. The number of aromatic nitrogens is 2. The van der Waals surface area contributed by atoms with Gasteiger partial charge >= 0.3 is 0 Å². The van der Waals surface area contributed by atoms with Gasteiger partial charge in [-0.05, 0) is 79.5 Å². The Hall–Kier alpha value is -7.85. The van der Waals surface area contributed by atoms with E-state index in [1.807, 2.05) is 67.0 Å².